The number of carbonyl (C=O) groups excluding carboxylic acids is 1. The van der Waals surface area contributed by atoms with E-state index in [1.807, 2.05) is 31.2 Å². The summed E-state index contributed by atoms with van der Waals surface area (Å²) in [4.78, 5) is 20.4. The minimum atomic E-state index is -0.395. The molecule has 1 amide bonds. The third-order valence-electron chi connectivity index (χ3n) is 3.36. The second-order valence-electron chi connectivity index (χ2n) is 5.26. The molecule has 0 aliphatic rings. The van der Waals surface area contributed by atoms with Crippen LogP contribution in [0.1, 0.15) is 34.8 Å². The first-order chi connectivity index (χ1) is 11.1. The van der Waals surface area contributed by atoms with E-state index in [0.717, 1.165) is 11.1 Å². The van der Waals surface area contributed by atoms with Gasteiger partial charge >= 0.3 is 0 Å². The number of benzene rings is 1. The number of nitrogens with one attached hydrogen (secondary N) is 1. The maximum atomic E-state index is 12.1. The molecule has 3 aromatic rings. The van der Waals surface area contributed by atoms with Gasteiger partial charge in [0.05, 0.1) is 5.56 Å². The number of pyridine rings is 1. The normalized spacial score (nSPS) is 11.9. The number of nitrogens with zero attached hydrogens (tertiary/aromatic N) is 3. The van der Waals surface area contributed by atoms with Crippen molar-refractivity contribution < 1.29 is 9.32 Å². The molecule has 2 aromatic heterocycles. The smallest absolute Gasteiger partial charge is 0.253 e. The van der Waals surface area contributed by atoms with Gasteiger partial charge in [0, 0.05) is 18.0 Å². The van der Waals surface area contributed by atoms with Gasteiger partial charge in [0.15, 0.2) is 0 Å². The van der Waals surface area contributed by atoms with Crippen molar-refractivity contribution >= 4 is 5.91 Å². The molecule has 6 nitrogen and oxygen atoms in total. The van der Waals surface area contributed by atoms with Gasteiger partial charge < -0.3 is 9.84 Å². The summed E-state index contributed by atoms with van der Waals surface area (Å²) in [6, 6.07) is 10.8. The van der Waals surface area contributed by atoms with Gasteiger partial charge in [-0.3, -0.25) is 9.78 Å². The van der Waals surface area contributed by atoms with Gasteiger partial charge in [-0.05, 0) is 32.0 Å². The fraction of sp³-hybridized carbons (Fsp3) is 0.176. The molecular weight excluding hydrogens is 292 g/mol. The van der Waals surface area contributed by atoms with Crippen molar-refractivity contribution in [2.24, 2.45) is 0 Å². The molecule has 1 N–H and O–H groups in total. The SMILES string of the molecule is Cc1cccc(-c2noc([C@H](C)NC(=O)c3cccnc3)n2)c1. The maximum Gasteiger partial charge on any atom is 0.253 e. The maximum absolute atomic E-state index is 12.1. The summed E-state index contributed by atoms with van der Waals surface area (Å²) in [5, 5.41) is 6.79. The fourth-order valence-corrected chi connectivity index (χ4v) is 2.15. The number of hydrogen-bond donors (Lipinski definition) is 1. The first kappa shape index (κ1) is 14.9. The standard InChI is InChI=1S/C17H16N4O2/c1-11-5-3-6-13(9-11)15-20-17(23-21-15)12(2)19-16(22)14-7-4-8-18-10-14/h3-10,12H,1-2H3,(H,19,22)/t12-/m0/s1. The molecule has 0 unspecified atom stereocenters. The first-order valence-corrected chi connectivity index (χ1v) is 7.25. The predicted octanol–water partition coefficient (Wildman–Crippen LogP) is 2.93. The fourth-order valence-electron chi connectivity index (χ4n) is 2.15. The molecular formula is C17H16N4O2. The second-order valence-corrected chi connectivity index (χ2v) is 5.26. The van der Waals surface area contributed by atoms with Gasteiger partial charge in [0.25, 0.3) is 5.91 Å². The van der Waals surface area contributed by atoms with Crippen LogP contribution in [0.15, 0.2) is 53.3 Å². The molecule has 3 rings (SSSR count). The van der Waals surface area contributed by atoms with E-state index in [9.17, 15) is 4.79 Å². The van der Waals surface area contributed by atoms with Crippen LogP contribution in [0.4, 0.5) is 0 Å². The van der Waals surface area contributed by atoms with Crippen molar-refractivity contribution in [2.75, 3.05) is 0 Å². The number of aromatic nitrogens is 3. The minimum absolute atomic E-state index is 0.235. The zero-order valence-electron chi connectivity index (χ0n) is 12.9. The predicted molar refractivity (Wildman–Crippen MR) is 84.6 cm³/mol. The average molecular weight is 308 g/mol. The van der Waals surface area contributed by atoms with E-state index in [2.05, 4.69) is 20.4 Å². The highest BCUT2D eigenvalue weighted by molar-refractivity contribution is 5.93. The topological polar surface area (TPSA) is 80.9 Å². The highest BCUT2D eigenvalue weighted by atomic mass is 16.5. The van der Waals surface area contributed by atoms with Crippen LogP contribution in [0.3, 0.4) is 0 Å². The van der Waals surface area contributed by atoms with Crippen molar-refractivity contribution in [1.29, 1.82) is 0 Å². The Hall–Kier alpha value is -3.02. The lowest BCUT2D eigenvalue weighted by atomic mass is 10.1. The Balaban J connectivity index is 1.74. The summed E-state index contributed by atoms with van der Waals surface area (Å²) in [5.41, 5.74) is 2.48. The summed E-state index contributed by atoms with van der Waals surface area (Å²) in [6.07, 6.45) is 3.13. The van der Waals surface area contributed by atoms with Crippen molar-refractivity contribution in [3.63, 3.8) is 0 Å². The Bertz CT molecular complexity index is 814. The van der Waals surface area contributed by atoms with E-state index in [4.69, 9.17) is 4.52 Å². The number of rotatable bonds is 4. The summed E-state index contributed by atoms with van der Waals surface area (Å²) >= 11 is 0. The molecule has 0 aliphatic heterocycles. The lowest BCUT2D eigenvalue weighted by Gasteiger charge is -2.09. The van der Waals surface area contributed by atoms with E-state index in [1.165, 1.54) is 6.20 Å². The van der Waals surface area contributed by atoms with Crippen molar-refractivity contribution in [1.82, 2.24) is 20.4 Å². The molecule has 23 heavy (non-hydrogen) atoms. The molecule has 0 fully saturated rings. The van der Waals surface area contributed by atoms with Crippen LogP contribution in [-0.4, -0.2) is 21.0 Å². The Morgan fingerprint density at radius 3 is 2.87 bits per heavy atom. The Labute approximate surface area is 133 Å². The third-order valence-corrected chi connectivity index (χ3v) is 3.36. The second kappa shape index (κ2) is 6.39. The quantitative estimate of drug-likeness (QED) is 0.801. The van der Waals surface area contributed by atoms with Crippen molar-refractivity contribution in [3.05, 3.63) is 65.8 Å². The molecule has 0 radical (unpaired) electrons. The Kier molecular flexibility index (Phi) is 4.14. The van der Waals surface area contributed by atoms with Gasteiger partial charge in [-0.25, -0.2) is 0 Å². The number of hydrogen-bond acceptors (Lipinski definition) is 5. The summed E-state index contributed by atoms with van der Waals surface area (Å²) in [5.74, 6) is 0.630. The zero-order valence-corrected chi connectivity index (χ0v) is 12.9. The molecule has 0 aliphatic carbocycles. The van der Waals surface area contributed by atoms with Crippen molar-refractivity contribution in [2.45, 2.75) is 19.9 Å². The van der Waals surface area contributed by atoms with E-state index in [-0.39, 0.29) is 5.91 Å². The molecule has 6 heteroatoms. The molecule has 0 bridgehead atoms. The highest BCUT2D eigenvalue weighted by Gasteiger charge is 2.18. The van der Waals surface area contributed by atoms with E-state index in [1.54, 1.807) is 25.3 Å². The Morgan fingerprint density at radius 1 is 1.26 bits per heavy atom. The molecule has 0 saturated heterocycles. The monoisotopic (exact) mass is 308 g/mol. The first-order valence-electron chi connectivity index (χ1n) is 7.25. The van der Waals surface area contributed by atoms with E-state index >= 15 is 0 Å². The molecule has 2 heterocycles. The lowest BCUT2D eigenvalue weighted by molar-refractivity contribution is 0.0932. The van der Waals surface area contributed by atoms with Crippen LogP contribution in [0.2, 0.25) is 0 Å². The van der Waals surface area contributed by atoms with Crippen molar-refractivity contribution in [3.8, 4) is 11.4 Å². The van der Waals surface area contributed by atoms with E-state index in [0.29, 0.717) is 17.3 Å². The van der Waals surface area contributed by atoms with Gasteiger partial charge in [-0.15, -0.1) is 0 Å². The van der Waals surface area contributed by atoms with Gasteiger partial charge in [0.2, 0.25) is 11.7 Å². The average Bonchev–Trinajstić information content (AvgIpc) is 3.06. The van der Waals surface area contributed by atoms with Crippen LogP contribution in [-0.2, 0) is 0 Å². The number of amides is 1. The highest BCUT2D eigenvalue weighted by Crippen LogP contribution is 2.19. The third kappa shape index (κ3) is 3.42. The van der Waals surface area contributed by atoms with Crippen LogP contribution in [0.5, 0.6) is 0 Å². The molecule has 1 atom stereocenters. The zero-order chi connectivity index (χ0) is 16.2. The van der Waals surface area contributed by atoms with E-state index < -0.39 is 6.04 Å². The molecule has 116 valence electrons. The summed E-state index contributed by atoms with van der Waals surface area (Å²) < 4.78 is 5.27. The molecule has 0 spiro atoms. The van der Waals surface area contributed by atoms with Crippen LogP contribution < -0.4 is 5.32 Å². The van der Waals surface area contributed by atoms with Crippen LogP contribution in [0.25, 0.3) is 11.4 Å². The summed E-state index contributed by atoms with van der Waals surface area (Å²) in [6.45, 7) is 3.79. The largest absolute Gasteiger partial charge is 0.340 e. The minimum Gasteiger partial charge on any atom is -0.340 e. The number of aryl methyl sites for hydroxylation is 1. The molecule has 1 aromatic carbocycles. The lowest BCUT2D eigenvalue weighted by Crippen LogP contribution is -2.26. The van der Waals surface area contributed by atoms with Crippen LogP contribution in [0, 0.1) is 6.92 Å². The van der Waals surface area contributed by atoms with Gasteiger partial charge in [-0.1, -0.05) is 28.9 Å². The van der Waals surface area contributed by atoms with Gasteiger partial charge in [-0.2, -0.15) is 4.98 Å². The van der Waals surface area contributed by atoms with Gasteiger partial charge in [0.1, 0.15) is 6.04 Å². The van der Waals surface area contributed by atoms with Crippen LogP contribution >= 0.6 is 0 Å². The Morgan fingerprint density at radius 2 is 2.13 bits per heavy atom. The summed E-state index contributed by atoms with van der Waals surface area (Å²) in [7, 11) is 0. The molecule has 0 saturated carbocycles. The number of carbonyl (C=O) groups is 1.